The molecule has 1 fully saturated rings. The van der Waals surface area contributed by atoms with Crippen LogP contribution in [-0.2, 0) is 16.0 Å². The van der Waals surface area contributed by atoms with Gasteiger partial charge in [0.15, 0.2) is 5.96 Å². The average molecular weight is 357 g/mol. The van der Waals surface area contributed by atoms with Gasteiger partial charge < -0.3 is 20.9 Å². The van der Waals surface area contributed by atoms with Crippen molar-refractivity contribution in [1.29, 1.82) is 0 Å². The van der Waals surface area contributed by atoms with Crippen LogP contribution in [0.1, 0.15) is 25.3 Å². The number of carbonyl (C=O) groups is 2. The van der Waals surface area contributed by atoms with Crippen LogP contribution < -0.4 is 20.9 Å². The van der Waals surface area contributed by atoms with E-state index in [0.717, 1.165) is 24.9 Å². The third-order valence-electron chi connectivity index (χ3n) is 4.57. The number of guanidine groups is 1. The molecule has 7 heteroatoms. The highest BCUT2D eigenvalue weighted by Gasteiger charge is 2.29. The van der Waals surface area contributed by atoms with Crippen molar-refractivity contribution in [3.8, 4) is 0 Å². The van der Waals surface area contributed by atoms with Gasteiger partial charge in [-0.25, -0.2) is 4.99 Å². The van der Waals surface area contributed by atoms with Gasteiger partial charge in [-0.2, -0.15) is 0 Å². The highest BCUT2D eigenvalue weighted by Crippen LogP contribution is 2.28. The summed E-state index contributed by atoms with van der Waals surface area (Å²) in [5, 5.41) is 9.18. The number of fused-ring (bicyclic) bond motifs is 1. The lowest BCUT2D eigenvalue weighted by Gasteiger charge is -2.17. The number of hydrogen-bond acceptors (Lipinski definition) is 3. The minimum absolute atomic E-state index is 0.00538. The van der Waals surface area contributed by atoms with Crippen molar-refractivity contribution in [3.05, 3.63) is 29.8 Å². The summed E-state index contributed by atoms with van der Waals surface area (Å²) in [5.74, 6) is 0.942. The van der Waals surface area contributed by atoms with Crippen LogP contribution in [0.3, 0.4) is 0 Å². The summed E-state index contributed by atoms with van der Waals surface area (Å²) < 4.78 is 0. The van der Waals surface area contributed by atoms with Crippen molar-refractivity contribution in [2.45, 2.75) is 26.2 Å². The number of rotatable bonds is 7. The summed E-state index contributed by atoms with van der Waals surface area (Å²) in [4.78, 5) is 30.3. The second-order valence-corrected chi connectivity index (χ2v) is 6.61. The lowest BCUT2D eigenvalue weighted by molar-refractivity contribution is -0.122. The van der Waals surface area contributed by atoms with Crippen molar-refractivity contribution < 1.29 is 9.59 Å². The van der Waals surface area contributed by atoms with Crippen molar-refractivity contribution in [1.82, 2.24) is 16.0 Å². The molecule has 0 bridgehead atoms. The van der Waals surface area contributed by atoms with E-state index in [4.69, 9.17) is 0 Å². The van der Waals surface area contributed by atoms with Crippen molar-refractivity contribution in [3.63, 3.8) is 0 Å². The molecule has 1 aromatic rings. The average Bonchev–Trinajstić information content (AvgIpc) is 3.42. The summed E-state index contributed by atoms with van der Waals surface area (Å²) in [6.45, 7) is 4.62. The fourth-order valence-electron chi connectivity index (χ4n) is 3.03. The van der Waals surface area contributed by atoms with E-state index < -0.39 is 0 Å². The molecule has 3 N–H and O–H groups in total. The first-order chi connectivity index (χ1) is 12.7. The molecule has 0 unspecified atom stereocenters. The summed E-state index contributed by atoms with van der Waals surface area (Å²) >= 11 is 0. The monoisotopic (exact) mass is 357 g/mol. The lowest BCUT2D eigenvalue weighted by Crippen LogP contribution is -2.42. The van der Waals surface area contributed by atoms with Gasteiger partial charge in [-0.1, -0.05) is 18.2 Å². The third-order valence-corrected chi connectivity index (χ3v) is 4.57. The van der Waals surface area contributed by atoms with Crippen LogP contribution in [0.5, 0.6) is 0 Å². The Bertz CT molecular complexity index is 684. The van der Waals surface area contributed by atoms with E-state index in [1.165, 1.54) is 5.56 Å². The van der Waals surface area contributed by atoms with Crippen LogP contribution in [0.15, 0.2) is 29.3 Å². The number of carbonyl (C=O) groups excluding carboxylic acids is 2. The number of nitrogens with one attached hydrogen (secondary N) is 3. The molecule has 1 aliphatic carbocycles. The van der Waals surface area contributed by atoms with Gasteiger partial charge in [0.2, 0.25) is 11.8 Å². The Hall–Kier alpha value is -2.57. The molecule has 2 amide bonds. The number of para-hydroxylation sites is 1. The molecule has 0 atom stereocenters. The smallest absolute Gasteiger partial charge is 0.248 e. The predicted octanol–water partition coefficient (Wildman–Crippen LogP) is 0.657. The quantitative estimate of drug-likeness (QED) is 0.380. The van der Waals surface area contributed by atoms with Crippen LogP contribution in [0.25, 0.3) is 0 Å². The van der Waals surface area contributed by atoms with E-state index in [2.05, 4.69) is 27.0 Å². The number of aliphatic imine (C=N–C) groups is 1. The van der Waals surface area contributed by atoms with E-state index in [1.54, 1.807) is 4.90 Å². The lowest BCUT2D eigenvalue weighted by atomic mass is 10.2. The Kier molecular flexibility index (Phi) is 6.09. The predicted molar refractivity (Wildman–Crippen MR) is 102 cm³/mol. The molecule has 1 saturated carbocycles. The van der Waals surface area contributed by atoms with Crippen LogP contribution in [-0.4, -0.2) is 50.5 Å². The molecule has 1 heterocycles. The third kappa shape index (κ3) is 4.74. The van der Waals surface area contributed by atoms with Crippen LogP contribution >= 0.6 is 0 Å². The number of hydrogen-bond donors (Lipinski definition) is 3. The van der Waals surface area contributed by atoms with E-state index in [1.807, 2.05) is 25.1 Å². The van der Waals surface area contributed by atoms with Crippen molar-refractivity contribution in [2.24, 2.45) is 10.9 Å². The number of amides is 2. The summed E-state index contributed by atoms with van der Waals surface area (Å²) in [5.41, 5.74) is 2.20. The molecular weight excluding hydrogens is 330 g/mol. The molecule has 1 aromatic carbocycles. The van der Waals surface area contributed by atoms with Gasteiger partial charge in [-0.15, -0.1) is 0 Å². The molecule has 3 rings (SSSR count). The van der Waals surface area contributed by atoms with Crippen LogP contribution in [0, 0.1) is 5.92 Å². The molecule has 0 aromatic heterocycles. The Balaban J connectivity index is 1.47. The second-order valence-electron chi connectivity index (χ2n) is 6.61. The summed E-state index contributed by atoms with van der Waals surface area (Å²) in [6, 6.07) is 8.00. The van der Waals surface area contributed by atoms with Crippen molar-refractivity contribution >= 4 is 23.5 Å². The molecular formula is C19H27N5O2. The first kappa shape index (κ1) is 18.2. The van der Waals surface area contributed by atoms with E-state index in [9.17, 15) is 9.59 Å². The number of nitrogens with zero attached hydrogens (tertiary/aromatic N) is 2. The maximum atomic E-state index is 12.5. The summed E-state index contributed by atoms with van der Waals surface area (Å²) in [7, 11) is 0. The maximum absolute atomic E-state index is 12.5. The zero-order chi connectivity index (χ0) is 18.4. The molecule has 0 saturated heterocycles. The number of anilines is 1. The molecule has 140 valence electrons. The topological polar surface area (TPSA) is 85.8 Å². The SMILES string of the molecule is CCNC(=NCC(=O)N1CCc2ccccc21)NCCNC(=O)C1CC1. The van der Waals surface area contributed by atoms with Gasteiger partial charge in [0, 0.05) is 37.8 Å². The van der Waals surface area contributed by atoms with Gasteiger partial charge in [0.25, 0.3) is 0 Å². The highest BCUT2D eigenvalue weighted by molar-refractivity contribution is 5.98. The first-order valence-corrected chi connectivity index (χ1v) is 9.37. The Morgan fingerprint density at radius 2 is 1.92 bits per heavy atom. The van der Waals surface area contributed by atoms with Gasteiger partial charge in [-0.05, 0) is 37.8 Å². The fraction of sp³-hybridized carbons (Fsp3) is 0.526. The standard InChI is InChI=1S/C19H27N5O2/c1-2-20-19(22-11-10-21-18(26)15-7-8-15)23-13-17(25)24-12-9-14-5-3-4-6-16(14)24/h3-6,15H,2,7-13H2,1H3,(H,21,26)(H2,20,22,23). The van der Waals surface area contributed by atoms with Crippen molar-refractivity contribution in [2.75, 3.05) is 37.6 Å². The molecule has 26 heavy (non-hydrogen) atoms. The minimum Gasteiger partial charge on any atom is -0.357 e. The zero-order valence-electron chi connectivity index (χ0n) is 15.3. The minimum atomic E-state index is -0.00538. The molecule has 0 radical (unpaired) electrons. The zero-order valence-corrected chi connectivity index (χ0v) is 15.3. The normalized spacial score (nSPS) is 16.2. The maximum Gasteiger partial charge on any atom is 0.248 e. The Labute approximate surface area is 154 Å². The fourth-order valence-corrected chi connectivity index (χ4v) is 3.03. The van der Waals surface area contributed by atoms with Gasteiger partial charge >= 0.3 is 0 Å². The van der Waals surface area contributed by atoms with Gasteiger partial charge in [0.05, 0.1) is 0 Å². The first-order valence-electron chi connectivity index (χ1n) is 9.37. The molecule has 7 nitrogen and oxygen atoms in total. The van der Waals surface area contributed by atoms with E-state index in [-0.39, 0.29) is 24.3 Å². The highest BCUT2D eigenvalue weighted by atomic mass is 16.2. The molecule has 2 aliphatic rings. The Morgan fingerprint density at radius 1 is 1.15 bits per heavy atom. The second kappa shape index (κ2) is 8.69. The largest absolute Gasteiger partial charge is 0.357 e. The molecule has 0 spiro atoms. The molecule has 1 aliphatic heterocycles. The number of benzene rings is 1. The van der Waals surface area contributed by atoms with Gasteiger partial charge in [0.1, 0.15) is 6.54 Å². The summed E-state index contributed by atoms with van der Waals surface area (Å²) in [6.07, 6.45) is 2.90. The van der Waals surface area contributed by atoms with E-state index >= 15 is 0 Å². The van der Waals surface area contributed by atoms with Crippen LogP contribution in [0.2, 0.25) is 0 Å². The Morgan fingerprint density at radius 3 is 2.69 bits per heavy atom. The van der Waals surface area contributed by atoms with Gasteiger partial charge in [-0.3, -0.25) is 9.59 Å². The van der Waals surface area contributed by atoms with E-state index in [0.29, 0.717) is 32.1 Å². The van der Waals surface area contributed by atoms with Crippen LogP contribution in [0.4, 0.5) is 5.69 Å².